The molecule has 1 rings (SSSR count). The second kappa shape index (κ2) is 6.62. The highest BCUT2D eigenvalue weighted by Gasteiger charge is 2.10. The standard InChI is InChI=1S/C8H18N6O2S/c1-7(2)9-4-3-5-17(15,16)10-6-8-11-13-14-12-8/h7,9-10H,3-6H2,1-2H3,(H,11,12,13,14). The number of H-pyrrole nitrogens is 1. The molecule has 0 saturated carbocycles. The van der Waals surface area contributed by atoms with E-state index in [9.17, 15) is 8.42 Å². The third-order valence-electron chi connectivity index (χ3n) is 1.98. The summed E-state index contributed by atoms with van der Waals surface area (Å²) < 4.78 is 25.5. The van der Waals surface area contributed by atoms with Gasteiger partial charge in [0.05, 0.1) is 12.3 Å². The summed E-state index contributed by atoms with van der Waals surface area (Å²) in [6.07, 6.45) is 0.569. The van der Waals surface area contributed by atoms with Gasteiger partial charge in [-0.25, -0.2) is 13.1 Å². The second-order valence-corrected chi connectivity index (χ2v) is 5.86. The lowest BCUT2D eigenvalue weighted by atomic mass is 10.4. The summed E-state index contributed by atoms with van der Waals surface area (Å²) >= 11 is 0. The molecule has 0 aliphatic heterocycles. The molecule has 0 aliphatic carbocycles. The van der Waals surface area contributed by atoms with Gasteiger partial charge in [0.15, 0.2) is 5.82 Å². The van der Waals surface area contributed by atoms with Crippen LogP contribution in [0, 0.1) is 0 Å². The van der Waals surface area contributed by atoms with E-state index in [-0.39, 0.29) is 12.3 Å². The Labute approximate surface area is 101 Å². The molecule has 8 nitrogen and oxygen atoms in total. The summed E-state index contributed by atoms with van der Waals surface area (Å²) in [5, 5.41) is 16.1. The molecule has 3 N–H and O–H groups in total. The first kappa shape index (κ1) is 14.0. The molecule has 17 heavy (non-hydrogen) atoms. The normalized spacial score (nSPS) is 12.2. The van der Waals surface area contributed by atoms with Crippen LogP contribution in [0.5, 0.6) is 0 Å². The lowest BCUT2D eigenvalue weighted by molar-refractivity contribution is 0.559. The van der Waals surface area contributed by atoms with Crippen LogP contribution in [-0.2, 0) is 16.6 Å². The molecule has 1 aromatic heterocycles. The van der Waals surface area contributed by atoms with Crippen LogP contribution in [0.3, 0.4) is 0 Å². The zero-order valence-electron chi connectivity index (χ0n) is 9.97. The number of nitrogens with zero attached hydrogens (tertiary/aromatic N) is 3. The first-order valence-corrected chi connectivity index (χ1v) is 7.08. The van der Waals surface area contributed by atoms with Crippen molar-refractivity contribution < 1.29 is 8.42 Å². The highest BCUT2D eigenvalue weighted by Crippen LogP contribution is 1.92. The Hall–Kier alpha value is -1.06. The Kier molecular flexibility index (Phi) is 5.45. The van der Waals surface area contributed by atoms with Crippen molar-refractivity contribution in [3.63, 3.8) is 0 Å². The van der Waals surface area contributed by atoms with Crippen LogP contribution < -0.4 is 10.0 Å². The van der Waals surface area contributed by atoms with Gasteiger partial charge < -0.3 is 5.32 Å². The average Bonchev–Trinajstić information content (AvgIpc) is 2.74. The van der Waals surface area contributed by atoms with Crippen LogP contribution in [0.15, 0.2) is 0 Å². The maximum absolute atomic E-state index is 11.5. The number of hydrogen-bond donors (Lipinski definition) is 3. The van der Waals surface area contributed by atoms with Gasteiger partial charge in [0, 0.05) is 6.04 Å². The van der Waals surface area contributed by atoms with E-state index in [0.29, 0.717) is 24.8 Å². The second-order valence-electron chi connectivity index (χ2n) is 3.93. The number of aromatic nitrogens is 4. The van der Waals surface area contributed by atoms with E-state index in [4.69, 9.17) is 0 Å². The summed E-state index contributed by atoms with van der Waals surface area (Å²) in [7, 11) is -3.27. The van der Waals surface area contributed by atoms with Gasteiger partial charge in [0.2, 0.25) is 10.0 Å². The summed E-state index contributed by atoms with van der Waals surface area (Å²) in [6.45, 7) is 4.78. The third kappa shape index (κ3) is 6.29. The van der Waals surface area contributed by atoms with E-state index in [2.05, 4.69) is 30.7 Å². The molecule has 0 aromatic carbocycles. The molecule has 0 atom stereocenters. The van der Waals surface area contributed by atoms with Crippen molar-refractivity contribution in [2.45, 2.75) is 32.9 Å². The fourth-order valence-corrected chi connectivity index (χ4v) is 2.17. The highest BCUT2D eigenvalue weighted by molar-refractivity contribution is 7.89. The number of hydrogen-bond acceptors (Lipinski definition) is 6. The molecule has 98 valence electrons. The van der Waals surface area contributed by atoms with Gasteiger partial charge in [-0.3, -0.25) is 0 Å². The summed E-state index contributed by atoms with van der Waals surface area (Å²) in [4.78, 5) is 0. The van der Waals surface area contributed by atoms with Crippen LogP contribution in [-0.4, -0.2) is 47.4 Å². The monoisotopic (exact) mass is 262 g/mol. The Morgan fingerprint density at radius 3 is 2.76 bits per heavy atom. The number of rotatable bonds is 8. The fraction of sp³-hybridized carbons (Fsp3) is 0.875. The predicted octanol–water partition coefficient (Wildman–Crippen LogP) is -0.993. The molecule has 1 heterocycles. The van der Waals surface area contributed by atoms with E-state index >= 15 is 0 Å². The molecule has 1 aromatic rings. The molecule has 0 bridgehead atoms. The average molecular weight is 262 g/mol. The Bertz CT molecular complexity index is 402. The minimum atomic E-state index is -3.27. The maximum atomic E-state index is 11.5. The van der Waals surface area contributed by atoms with Crippen LogP contribution >= 0.6 is 0 Å². The van der Waals surface area contributed by atoms with Crippen LogP contribution in [0.1, 0.15) is 26.1 Å². The predicted molar refractivity (Wildman–Crippen MR) is 62.6 cm³/mol. The Morgan fingerprint density at radius 1 is 1.41 bits per heavy atom. The smallest absolute Gasteiger partial charge is 0.212 e. The Balaban J connectivity index is 2.22. The molecular weight excluding hydrogens is 244 g/mol. The van der Waals surface area contributed by atoms with Gasteiger partial charge in [0.1, 0.15) is 0 Å². The van der Waals surface area contributed by atoms with Gasteiger partial charge in [-0.05, 0) is 13.0 Å². The first-order valence-electron chi connectivity index (χ1n) is 5.42. The van der Waals surface area contributed by atoms with Crippen molar-refractivity contribution in [3.05, 3.63) is 5.82 Å². The van der Waals surface area contributed by atoms with Gasteiger partial charge >= 0.3 is 0 Å². The first-order chi connectivity index (χ1) is 7.99. The van der Waals surface area contributed by atoms with Crippen LogP contribution in [0.2, 0.25) is 0 Å². The van der Waals surface area contributed by atoms with Gasteiger partial charge in [0.25, 0.3) is 0 Å². The number of nitrogens with one attached hydrogen (secondary N) is 3. The zero-order chi connectivity index (χ0) is 12.7. The lowest BCUT2D eigenvalue weighted by Crippen LogP contribution is -2.30. The number of aromatic amines is 1. The van der Waals surface area contributed by atoms with Crippen molar-refractivity contribution in [1.82, 2.24) is 30.7 Å². The zero-order valence-corrected chi connectivity index (χ0v) is 10.8. The molecule has 0 spiro atoms. The summed E-state index contributed by atoms with van der Waals surface area (Å²) in [6, 6.07) is 0.366. The summed E-state index contributed by atoms with van der Waals surface area (Å²) in [5.74, 6) is 0.416. The quantitative estimate of drug-likeness (QED) is 0.518. The van der Waals surface area contributed by atoms with Crippen molar-refractivity contribution in [2.75, 3.05) is 12.3 Å². The van der Waals surface area contributed by atoms with Crippen molar-refractivity contribution in [1.29, 1.82) is 0 Å². The largest absolute Gasteiger partial charge is 0.314 e. The maximum Gasteiger partial charge on any atom is 0.212 e. The molecule has 0 aliphatic rings. The van der Waals surface area contributed by atoms with Crippen LogP contribution in [0.25, 0.3) is 0 Å². The molecule has 0 saturated heterocycles. The lowest BCUT2D eigenvalue weighted by Gasteiger charge is -2.08. The Morgan fingerprint density at radius 2 is 2.18 bits per heavy atom. The SMILES string of the molecule is CC(C)NCCCS(=O)(=O)NCc1nn[nH]n1. The molecule has 0 fully saturated rings. The third-order valence-corrected chi connectivity index (χ3v) is 3.39. The molecular formula is C8H18N6O2S. The van der Waals surface area contributed by atoms with E-state index in [1.807, 2.05) is 13.8 Å². The minimum Gasteiger partial charge on any atom is -0.314 e. The van der Waals surface area contributed by atoms with Gasteiger partial charge in [-0.15, -0.1) is 10.2 Å². The van der Waals surface area contributed by atoms with Crippen molar-refractivity contribution in [3.8, 4) is 0 Å². The molecule has 0 radical (unpaired) electrons. The van der Waals surface area contributed by atoms with E-state index in [1.54, 1.807) is 0 Å². The minimum absolute atomic E-state index is 0.0659. The summed E-state index contributed by atoms with van der Waals surface area (Å²) in [5.41, 5.74) is 0. The van der Waals surface area contributed by atoms with Crippen LogP contribution in [0.4, 0.5) is 0 Å². The molecule has 0 amide bonds. The topological polar surface area (TPSA) is 113 Å². The van der Waals surface area contributed by atoms with Crippen molar-refractivity contribution in [2.24, 2.45) is 0 Å². The molecule has 0 unspecified atom stereocenters. The van der Waals surface area contributed by atoms with E-state index in [0.717, 1.165) is 0 Å². The van der Waals surface area contributed by atoms with E-state index < -0.39 is 10.0 Å². The highest BCUT2D eigenvalue weighted by atomic mass is 32.2. The molecule has 9 heteroatoms. The van der Waals surface area contributed by atoms with E-state index in [1.165, 1.54) is 0 Å². The number of sulfonamides is 1. The van der Waals surface area contributed by atoms with Gasteiger partial charge in [-0.2, -0.15) is 5.21 Å². The number of tetrazole rings is 1. The van der Waals surface area contributed by atoms with Gasteiger partial charge in [-0.1, -0.05) is 19.1 Å². The van der Waals surface area contributed by atoms with Crippen molar-refractivity contribution >= 4 is 10.0 Å². The fourth-order valence-electron chi connectivity index (χ4n) is 1.16.